The van der Waals surface area contributed by atoms with E-state index in [2.05, 4.69) is 15.4 Å². The van der Waals surface area contributed by atoms with Gasteiger partial charge in [0.1, 0.15) is 10.6 Å². The quantitative estimate of drug-likeness (QED) is 0.439. The zero-order valence-electron chi connectivity index (χ0n) is 14.8. The minimum Gasteiger partial charge on any atom is -0.495 e. The van der Waals surface area contributed by atoms with Crippen LogP contribution < -0.4 is 20.1 Å². The van der Waals surface area contributed by atoms with E-state index in [1.54, 1.807) is 37.4 Å². The summed E-state index contributed by atoms with van der Waals surface area (Å²) in [6, 6.07) is 11.2. The van der Waals surface area contributed by atoms with Crippen LogP contribution >= 0.6 is 23.8 Å². The number of rotatable bonds is 8. The molecular formula is C17H20ClN3O4S2. The Balaban J connectivity index is 2.22. The van der Waals surface area contributed by atoms with Crippen molar-refractivity contribution in [2.45, 2.75) is 4.90 Å². The fourth-order valence-corrected chi connectivity index (χ4v) is 3.97. The molecule has 2 rings (SSSR count). The molecule has 0 amide bonds. The zero-order valence-corrected chi connectivity index (χ0v) is 17.2. The lowest BCUT2D eigenvalue weighted by Gasteiger charge is -2.14. The van der Waals surface area contributed by atoms with E-state index in [4.69, 9.17) is 33.3 Å². The predicted molar refractivity (Wildman–Crippen MR) is 111 cm³/mol. The average molecular weight is 430 g/mol. The third kappa shape index (κ3) is 5.96. The van der Waals surface area contributed by atoms with Gasteiger partial charge in [-0.2, -0.15) is 0 Å². The molecule has 0 aromatic heterocycles. The molecule has 0 atom stereocenters. The predicted octanol–water partition coefficient (Wildman–Crippen LogP) is 3.08. The van der Waals surface area contributed by atoms with Crippen LogP contribution in [0.5, 0.6) is 5.75 Å². The van der Waals surface area contributed by atoms with Crippen molar-refractivity contribution in [1.29, 1.82) is 0 Å². The SMILES string of the molecule is COCCNC(=S)Nc1ccc(Cl)c(S(=O)(=O)Nc2ccccc2OC)c1. The number of para-hydroxylation sites is 2. The molecule has 7 nitrogen and oxygen atoms in total. The Hall–Kier alpha value is -2.07. The van der Waals surface area contributed by atoms with E-state index < -0.39 is 10.0 Å². The van der Waals surface area contributed by atoms with Crippen molar-refractivity contribution >= 4 is 50.3 Å². The van der Waals surface area contributed by atoms with Crippen molar-refractivity contribution < 1.29 is 17.9 Å². The van der Waals surface area contributed by atoms with Gasteiger partial charge in [0.15, 0.2) is 5.11 Å². The van der Waals surface area contributed by atoms with Gasteiger partial charge in [0.2, 0.25) is 0 Å². The number of methoxy groups -OCH3 is 2. The highest BCUT2D eigenvalue weighted by Crippen LogP contribution is 2.30. The Morgan fingerprint density at radius 1 is 1.19 bits per heavy atom. The van der Waals surface area contributed by atoms with Crippen LogP contribution in [-0.4, -0.2) is 40.9 Å². The minimum absolute atomic E-state index is 0.0836. The summed E-state index contributed by atoms with van der Waals surface area (Å²) in [5.74, 6) is 0.398. The molecule has 0 saturated carbocycles. The first-order valence-electron chi connectivity index (χ1n) is 7.86. The number of nitrogens with one attached hydrogen (secondary N) is 3. The number of hydrogen-bond donors (Lipinski definition) is 3. The third-order valence-electron chi connectivity index (χ3n) is 3.42. The van der Waals surface area contributed by atoms with Gasteiger partial charge in [-0.15, -0.1) is 0 Å². The van der Waals surface area contributed by atoms with Gasteiger partial charge in [-0.25, -0.2) is 8.42 Å². The van der Waals surface area contributed by atoms with Crippen molar-refractivity contribution in [3.63, 3.8) is 0 Å². The van der Waals surface area contributed by atoms with Crippen LogP contribution in [0.1, 0.15) is 0 Å². The second kappa shape index (κ2) is 9.75. The zero-order chi connectivity index (χ0) is 19.9. The summed E-state index contributed by atoms with van der Waals surface area (Å²) in [4.78, 5) is -0.0836. The molecule has 0 aliphatic carbocycles. The first-order valence-corrected chi connectivity index (χ1v) is 10.1. The van der Waals surface area contributed by atoms with E-state index in [-0.39, 0.29) is 9.92 Å². The van der Waals surface area contributed by atoms with E-state index in [0.717, 1.165) is 0 Å². The van der Waals surface area contributed by atoms with Gasteiger partial charge in [-0.3, -0.25) is 4.72 Å². The largest absolute Gasteiger partial charge is 0.495 e. The molecular weight excluding hydrogens is 410 g/mol. The van der Waals surface area contributed by atoms with Gasteiger partial charge in [-0.1, -0.05) is 23.7 Å². The number of thiocarbonyl (C=S) groups is 1. The van der Waals surface area contributed by atoms with Gasteiger partial charge in [0.05, 0.1) is 24.4 Å². The lowest BCUT2D eigenvalue weighted by molar-refractivity contribution is 0.204. The van der Waals surface area contributed by atoms with Crippen LogP contribution in [0.3, 0.4) is 0 Å². The fraction of sp³-hybridized carbons (Fsp3) is 0.235. The van der Waals surface area contributed by atoms with Crippen molar-refractivity contribution in [2.24, 2.45) is 0 Å². The number of benzene rings is 2. The molecule has 0 aliphatic rings. The van der Waals surface area contributed by atoms with Gasteiger partial charge < -0.3 is 20.1 Å². The first-order chi connectivity index (χ1) is 12.9. The molecule has 10 heteroatoms. The Kier molecular flexibility index (Phi) is 7.66. The molecule has 27 heavy (non-hydrogen) atoms. The normalized spacial score (nSPS) is 10.9. The van der Waals surface area contributed by atoms with Crippen molar-refractivity contribution in [2.75, 3.05) is 37.4 Å². The number of anilines is 2. The topological polar surface area (TPSA) is 88.7 Å². The molecule has 146 valence electrons. The van der Waals surface area contributed by atoms with Crippen LogP contribution in [0.15, 0.2) is 47.4 Å². The molecule has 0 unspecified atom stereocenters. The molecule has 0 saturated heterocycles. The molecule has 0 bridgehead atoms. The highest BCUT2D eigenvalue weighted by atomic mass is 35.5. The molecule has 2 aromatic carbocycles. The van der Waals surface area contributed by atoms with Crippen LogP contribution in [0.4, 0.5) is 11.4 Å². The van der Waals surface area contributed by atoms with Gasteiger partial charge >= 0.3 is 0 Å². The second-order valence-corrected chi connectivity index (χ2v) is 7.79. The van der Waals surface area contributed by atoms with Crippen molar-refractivity contribution in [3.05, 3.63) is 47.5 Å². The molecule has 0 radical (unpaired) electrons. The molecule has 0 aliphatic heterocycles. The summed E-state index contributed by atoms with van der Waals surface area (Å²) in [5.41, 5.74) is 0.793. The van der Waals surface area contributed by atoms with Gasteiger partial charge in [0.25, 0.3) is 10.0 Å². The maximum absolute atomic E-state index is 12.8. The maximum Gasteiger partial charge on any atom is 0.263 e. The Labute approximate surface area is 169 Å². The summed E-state index contributed by atoms with van der Waals surface area (Å²) in [6.07, 6.45) is 0. The van der Waals surface area contributed by atoms with Crippen LogP contribution in [0.2, 0.25) is 5.02 Å². The maximum atomic E-state index is 12.8. The van der Waals surface area contributed by atoms with E-state index in [0.29, 0.717) is 35.4 Å². The van der Waals surface area contributed by atoms with Crippen LogP contribution in [0, 0.1) is 0 Å². The number of sulfonamides is 1. The summed E-state index contributed by atoms with van der Waals surface area (Å²) in [6.45, 7) is 1.02. The highest BCUT2D eigenvalue weighted by molar-refractivity contribution is 7.92. The van der Waals surface area contributed by atoms with Crippen LogP contribution in [0.25, 0.3) is 0 Å². The number of ether oxygens (including phenoxy) is 2. The Morgan fingerprint density at radius 2 is 1.93 bits per heavy atom. The van der Waals surface area contributed by atoms with Crippen molar-refractivity contribution in [1.82, 2.24) is 5.32 Å². The monoisotopic (exact) mass is 429 g/mol. The van der Waals surface area contributed by atoms with E-state index in [1.165, 1.54) is 19.2 Å². The minimum atomic E-state index is -3.94. The standard InChI is InChI=1S/C17H20ClN3O4S2/c1-24-10-9-19-17(26)20-12-7-8-13(18)16(11-12)27(22,23)21-14-5-3-4-6-15(14)25-2/h3-8,11,21H,9-10H2,1-2H3,(H2,19,20,26). The fourth-order valence-electron chi connectivity index (χ4n) is 2.16. The summed E-state index contributed by atoms with van der Waals surface area (Å²) < 4.78 is 38.2. The third-order valence-corrected chi connectivity index (χ3v) is 5.52. The smallest absolute Gasteiger partial charge is 0.263 e. The Bertz CT molecular complexity index is 907. The summed E-state index contributed by atoms with van der Waals surface area (Å²) >= 11 is 11.3. The molecule has 3 N–H and O–H groups in total. The molecule has 0 fully saturated rings. The van der Waals surface area contributed by atoms with Gasteiger partial charge in [0, 0.05) is 19.3 Å². The molecule has 0 spiro atoms. The highest BCUT2D eigenvalue weighted by Gasteiger charge is 2.20. The lowest BCUT2D eigenvalue weighted by Crippen LogP contribution is -2.31. The number of halogens is 1. The summed E-state index contributed by atoms with van der Waals surface area (Å²) in [5, 5.41) is 6.28. The van der Waals surface area contributed by atoms with E-state index >= 15 is 0 Å². The lowest BCUT2D eigenvalue weighted by atomic mass is 10.3. The Morgan fingerprint density at radius 3 is 2.63 bits per heavy atom. The van der Waals surface area contributed by atoms with Crippen molar-refractivity contribution in [3.8, 4) is 5.75 Å². The number of hydrogen-bond acceptors (Lipinski definition) is 5. The molecule has 2 aromatic rings. The van der Waals surface area contributed by atoms with E-state index in [9.17, 15) is 8.42 Å². The summed E-state index contributed by atoms with van der Waals surface area (Å²) in [7, 11) is -0.894. The van der Waals surface area contributed by atoms with Crippen LogP contribution in [-0.2, 0) is 14.8 Å². The average Bonchev–Trinajstić information content (AvgIpc) is 2.63. The first kappa shape index (κ1) is 21.2. The van der Waals surface area contributed by atoms with Gasteiger partial charge in [-0.05, 0) is 42.5 Å². The second-order valence-electron chi connectivity index (χ2n) is 5.32. The molecule has 0 heterocycles. The van der Waals surface area contributed by atoms with E-state index in [1.807, 2.05) is 0 Å².